The molecule has 0 fully saturated rings. The van der Waals surface area contributed by atoms with Gasteiger partial charge in [-0.25, -0.2) is 10.6 Å². The maximum atomic E-state index is 13.8. The van der Waals surface area contributed by atoms with Gasteiger partial charge < -0.3 is 36.7 Å². The van der Waals surface area contributed by atoms with Gasteiger partial charge in [0.05, 0.1) is 6.61 Å². The Balaban J connectivity index is 2.36. The third-order valence-electron chi connectivity index (χ3n) is 7.48. The Morgan fingerprint density at radius 3 is 2.11 bits per heavy atom. The number of alkyl carbamates (subject to hydrolysis) is 1. The molecule has 1 aromatic carbocycles. The second-order valence-corrected chi connectivity index (χ2v) is 12.2. The summed E-state index contributed by atoms with van der Waals surface area (Å²) < 4.78 is 5.13. The van der Waals surface area contributed by atoms with E-state index in [0.717, 1.165) is 17.3 Å². The minimum absolute atomic E-state index is 0.0243. The number of nitrogens with two attached hydrogens (primary N) is 2. The lowest BCUT2D eigenvalue weighted by Gasteiger charge is -2.27. The molecule has 0 radical (unpaired) electrons. The van der Waals surface area contributed by atoms with Crippen LogP contribution in [0.2, 0.25) is 0 Å². The molecule has 0 aliphatic heterocycles. The summed E-state index contributed by atoms with van der Waals surface area (Å²) in [6, 6.07) is 2.88. The Kier molecular flexibility index (Phi) is 15.7. The van der Waals surface area contributed by atoms with E-state index in [4.69, 9.17) is 16.3 Å². The van der Waals surface area contributed by atoms with Crippen molar-refractivity contribution < 1.29 is 33.5 Å². The SMILES string of the molecule is CCCCOC(=O)NC(C(=O)NC(CCC(N)=O)C(=O)NC(Cc1c[nH]c2ccccc12)C(=O)NC(CC(C)C)C(=O)NN)C(C)C. The Hall–Kier alpha value is -4.66. The zero-order valence-electron chi connectivity index (χ0n) is 27.8. The summed E-state index contributed by atoms with van der Waals surface area (Å²) in [5, 5.41) is 11.4. The van der Waals surface area contributed by atoms with Crippen LogP contribution in [0.1, 0.15) is 72.3 Å². The highest BCUT2D eigenvalue weighted by Gasteiger charge is 2.33. The van der Waals surface area contributed by atoms with Crippen LogP contribution in [-0.2, 0) is 35.1 Å². The number of hydrazine groups is 1. The van der Waals surface area contributed by atoms with Crippen LogP contribution in [-0.4, -0.2) is 71.4 Å². The van der Waals surface area contributed by atoms with E-state index in [1.54, 1.807) is 20.0 Å². The van der Waals surface area contributed by atoms with E-state index in [-0.39, 0.29) is 44.1 Å². The van der Waals surface area contributed by atoms with Crippen LogP contribution in [0.4, 0.5) is 4.79 Å². The number of para-hydroxylation sites is 1. The molecule has 6 amide bonds. The first-order valence-electron chi connectivity index (χ1n) is 15.9. The first-order valence-corrected chi connectivity index (χ1v) is 15.9. The summed E-state index contributed by atoms with van der Waals surface area (Å²) in [7, 11) is 0. The molecule has 4 atom stereocenters. The molecule has 0 aliphatic carbocycles. The lowest BCUT2D eigenvalue weighted by atomic mass is 10.00. The van der Waals surface area contributed by atoms with Crippen LogP contribution in [0, 0.1) is 11.8 Å². The highest BCUT2D eigenvalue weighted by Crippen LogP contribution is 2.20. The number of amides is 6. The Morgan fingerprint density at radius 1 is 0.851 bits per heavy atom. The minimum atomic E-state index is -1.30. The van der Waals surface area contributed by atoms with Crippen molar-refractivity contribution in [2.45, 2.75) is 97.3 Å². The molecule has 15 heteroatoms. The lowest BCUT2D eigenvalue weighted by molar-refractivity contribution is -0.134. The van der Waals surface area contributed by atoms with Crippen molar-refractivity contribution in [1.29, 1.82) is 0 Å². The van der Waals surface area contributed by atoms with E-state index < -0.39 is 59.8 Å². The normalized spacial score (nSPS) is 13.7. The first kappa shape index (κ1) is 38.5. The van der Waals surface area contributed by atoms with Gasteiger partial charge in [-0.2, -0.15) is 0 Å². The lowest BCUT2D eigenvalue weighted by Crippen LogP contribution is -2.59. The van der Waals surface area contributed by atoms with Crippen molar-refractivity contribution in [3.8, 4) is 0 Å². The molecule has 15 nitrogen and oxygen atoms in total. The number of aromatic nitrogens is 1. The molecule has 260 valence electrons. The predicted molar refractivity (Wildman–Crippen MR) is 176 cm³/mol. The smallest absolute Gasteiger partial charge is 0.407 e. The summed E-state index contributed by atoms with van der Waals surface area (Å²) >= 11 is 0. The zero-order valence-corrected chi connectivity index (χ0v) is 27.8. The summed E-state index contributed by atoms with van der Waals surface area (Å²) in [6.45, 7) is 9.31. The fraction of sp³-hybridized carbons (Fsp3) is 0.562. The fourth-order valence-corrected chi connectivity index (χ4v) is 4.91. The Morgan fingerprint density at radius 2 is 1.49 bits per heavy atom. The van der Waals surface area contributed by atoms with Crippen molar-refractivity contribution >= 4 is 46.5 Å². The number of carbonyl (C=O) groups is 6. The molecule has 47 heavy (non-hydrogen) atoms. The van der Waals surface area contributed by atoms with Gasteiger partial charge >= 0.3 is 6.09 Å². The molecule has 1 heterocycles. The summed E-state index contributed by atoms with van der Waals surface area (Å²) in [4.78, 5) is 80.5. The number of fused-ring (bicyclic) bond motifs is 1. The number of nitrogens with one attached hydrogen (secondary N) is 6. The number of H-pyrrole nitrogens is 1. The van der Waals surface area contributed by atoms with E-state index in [1.807, 2.05) is 45.0 Å². The molecule has 2 aromatic rings. The number of aromatic amines is 1. The average Bonchev–Trinajstić information content (AvgIpc) is 3.42. The van der Waals surface area contributed by atoms with Crippen LogP contribution in [0.15, 0.2) is 30.5 Å². The van der Waals surface area contributed by atoms with Crippen LogP contribution in [0.5, 0.6) is 0 Å². The minimum Gasteiger partial charge on any atom is -0.450 e. The largest absolute Gasteiger partial charge is 0.450 e. The third-order valence-corrected chi connectivity index (χ3v) is 7.48. The Labute approximate surface area is 275 Å². The molecule has 0 bridgehead atoms. The molecular formula is C32H50N8O7. The molecule has 0 saturated carbocycles. The van der Waals surface area contributed by atoms with Crippen LogP contribution < -0.4 is 38.3 Å². The molecule has 10 N–H and O–H groups in total. The van der Waals surface area contributed by atoms with Gasteiger partial charge in [0, 0.05) is 29.9 Å². The van der Waals surface area contributed by atoms with Crippen LogP contribution >= 0.6 is 0 Å². The molecular weight excluding hydrogens is 608 g/mol. The van der Waals surface area contributed by atoms with Crippen molar-refractivity contribution in [3.05, 3.63) is 36.0 Å². The van der Waals surface area contributed by atoms with Gasteiger partial charge in [0.15, 0.2) is 0 Å². The second-order valence-electron chi connectivity index (χ2n) is 12.2. The number of unbranched alkanes of at least 4 members (excludes halogenated alkanes) is 1. The van der Waals surface area contributed by atoms with E-state index in [1.165, 1.54) is 0 Å². The van der Waals surface area contributed by atoms with Crippen LogP contribution in [0.3, 0.4) is 0 Å². The predicted octanol–water partition coefficient (Wildman–Crippen LogP) is 1.02. The number of hydrogen-bond donors (Lipinski definition) is 8. The highest BCUT2D eigenvalue weighted by atomic mass is 16.5. The molecule has 0 aliphatic rings. The monoisotopic (exact) mass is 658 g/mol. The topological polar surface area (TPSA) is 240 Å². The van der Waals surface area contributed by atoms with Gasteiger partial charge in [-0.1, -0.05) is 59.2 Å². The number of ether oxygens (including phenoxy) is 1. The van der Waals surface area contributed by atoms with Gasteiger partial charge in [-0.05, 0) is 42.7 Å². The van der Waals surface area contributed by atoms with Crippen molar-refractivity contribution in [2.75, 3.05) is 6.61 Å². The standard InChI is InChI=1S/C32H50N8O7/c1-6-7-14-47-32(46)39-27(19(4)5)31(45)36-23(12-13-26(33)41)28(42)38-25(16-20-17-35-22-11-9-8-10-21(20)22)29(43)37-24(15-18(2)3)30(44)40-34/h8-11,17-19,23-25,27,35H,6-7,12-16,34H2,1-5H3,(H2,33,41)(H,36,45)(H,37,43)(H,38,42)(H,39,46)(H,40,44). The number of benzene rings is 1. The number of carbonyl (C=O) groups excluding carboxylic acids is 6. The van der Waals surface area contributed by atoms with Crippen molar-refractivity contribution in [1.82, 2.24) is 31.7 Å². The van der Waals surface area contributed by atoms with Gasteiger partial charge in [0.25, 0.3) is 5.91 Å². The maximum absolute atomic E-state index is 13.8. The third kappa shape index (κ3) is 12.6. The van der Waals surface area contributed by atoms with Gasteiger partial charge in [-0.3, -0.25) is 29.4 Å². The second kappa shape index (κ2) is 19.1. The number of rotatable bonds is 19. The van der Waals surface area contributed by atoms with Gasteiger partial charge in [0.2, 0.25) is 23.6 Å². The Bertz CT molecular complexity index is 1380. The van der Waals surface area contributed by atoms with E-state index in [9.17, 15) is 28.8 Å². The highest BCUT2D eigenvalue weighted by molar-refractivity contribution is 5.96. The molecule has 0 spiro atoms. The van der Waals surface area contributed by atoms with Crippen molar-refractivity contribution in [2.24, 2.45) is 23.4 Å². The molecule has 1 aromatic heterocycles. The van der Waals surface area contributed by atoms with Gasteiger partial charge in [-0.15, -0.1) is 0 Å². The van der Waals surface area contributed by atoms with Crippen molar-refractivity contribution in [3.63, 3.8) is 0 Å². The summed E-state index contributed by atoms with van der Waals surface area (Å²) in [6.07, 6.45) is 2.30. The quantitative estimate of drug-likeness (QED) is 0.0468. The summed E-state index contributed by atoms with van der Waals surface area (Å²) in [5.74, 6) is 1.59. The maximum Gasteiger partial charge on any atom is 0.407 e. The molecule has 4 unspecified atom stereocenters. The zero-order chi connectivity index (χ0) is 35.1. The molecule has 2 rings (SSSR count). The average molecular weight is 659 g/mol. The first-order chi connectivity index (χ1) is 22.3. The van der Waals surface area contributed by atoms with Gasteiger partial charge in [0.1, 0.15) is 24.2 Å². The number of hydrogen-bond acceptors (Lipinski definition) is 8. The van der Waals surface area contributed by atoms with E-state index in [2.05, 4.69) is 31.7 Å². The fourth-order valence-electron chi connectivity index (χ4n) is 4.91. The van der Waals surface area contributed by atoms with Crippen LogP contribution in [0.25, 0.3) is 10.9 Å². The van der Waals surface area contributed by atoms with E-state index >= 15 is 0 Å². The van der Waals surface area contributed by atoms with E-state index in [0.29, 0.717) is 12.0 Å². The molecule has 0 saturated heterocycles. The summed E-state index contributed by atoms with van der Waals surface area (Å²) in [5.41, 5.74) is 8.96. The number of primary amides is 1.